The van der Waals surface area contributed by atoms with Gasteiger partial charge in [-0.05, 0) is 43.5 Å². The normalized spacial score (nSPS) is 12.8. The molecule has 0 amide bonds. The summed E-state index contributed by atoms with van der Waals surface area (Å²) < 4.78 is 12.8. The van der Waals surface area contributed by atoms with Gasteiger partial charge in [0.05, 0.1) is 0 Å². The van der Waals surface area contributed by atoms with Crippen molar-refractivity contribution in [2.75, 3.05) is 5.33 Å². The van der Waals surface area contributed by atoms with E-state index in [2.05, 4.69) is 28.2 Å². The molecule has 1 atom stereocenters. The van der Waals surface area contributed by atoms with Crippen LogP contribution in [-0.4, -0.2) is 11.4 Å². The summed E-state index contributed by atoms with van der Waals surface area (Å²) in [6.07, 6.45) is 1.10. The second-order valence-electron chi connectivity index (χ2n) is 3.83. The predicted molar refractivity (Wildman–Crippen MR) is 65.8 cm³/mol. The van der Waals surface area contributed by atoms with Gasteiger partial charge in [-0.15, -0.1) is 0 Å². The van der Waals surface area contributed by atoms with E-state index in [1.807, 2.05) is 13.0 Å². The van der Waals surface area contributed by atoms with Gasteiger partial charge in [-0.3, -0.25) is 0 Å². The van der Waals surface area contributed by atoms with E-state index in [9.17, 15) is 4.39 Å². The highest BCUT2D eigenvalue weighted by molar-refractivity contribution is 9.09. The van der Waals surface area contributed by atoms with Crippen LogP contribution < -0.4 is 5.32 Å². The topological polar surface area (TPSA) is 12.0 Å². The van der Waals surface area contributed by atoms with Gasteiger partial charge in [0, 0.05) is 17.9 Å². The van der Waals surface area contributed by atoms with E-state index < -0.39 is 0 Å². The molecule has 3 heteroatoms. The summed E-state index contributed by atoms with van der Waals surface area (Å²) in [5.41, 5.74) is 2.17. The number of rotatable bonds is 5. The second kappa shape index (κ2) is 6.23. The number of alkyl halides is 1. The lowest BCUT2D eigenvalue weighted by atomic mass is 10.1. The molecule has 0 bridgehead atoms. The van der Waals surface area contributed by atoms with Crippen LogP contribution in [-0.2, 0) is 6.54 Å². The lowest BCUT2D eigenvalue weighted by Gasteiger charge is -2.13. The minimum Gasteiger partial charge on any atom is -0.310 e. The fraction of sp³-hybridized carbons (Fsp3) is 0.500. The number of nitrogens with one attached hydrogen (secondary N) is 1. The van der Waals surface area contributed by atoms with E-state index in [0.717, 1.165) is 29.4 Å². The van der Waals surface area contributed by atoms with Gasteiger partial charge in [0.1, 0.15) is 5.82 Å². The largest absolute Gasteiger partial charge is 0.310 e. The predicted octanol–water partition coefficient (Wildman–Crippen LogP) is 3.40. The molecule has 0 heterocycles. The molecule has 0 aliphatic carbocycles. The van der Waals surface area contributed by atoms with Gasteiger partial charge in [-0.2, -0.15) is 0 Å². The maximum absolute atomic E-state index is 12.8. The molecular weight excluding hydrogens is 257 g/mol. The Labute approximate surface area is 99.2 Å². The molecule has 0 saturated carbocycles. The van der Waals surface area contributed by atoms with Crippen LogP contribution in [0.2, 0.25) is 0 Å². The van der Waals surface area contributed by atoms with Gasteiger partial charge in [-0.1, -0.05) is 22.0 Å². The van der Waals surface area contributed by atoms with Crippen molar-refractivity contribution in [2.45, 2.75) is 32.9 Å². The monoisotopic (exact) mass is 273 g/mol. The summed E-state index contributed by atoms with van der Waals surface area (Å²) in [5.74, 6) is -0.162. The molecule has 84 valence electrons. The fourth-order valence-electron chi connectivity index (χ4n) is 1.41. The molecular formula is C12H17BrFN. The Morgan fingerprint density at radius 1 is 1.47 bits per heavy atom. The molecule has 1 unspecified atom stereocenters. The molecule has 0 spiro atoms. The molecule has 1 aromatic rings. The number of halogens is 2. The van der Waals surface area contributed by atoms with Crippen LogP contribution in [0.25, 0.3) is 0 Å². The van der Waals surface area contributed by atoms with Crippen molar-refractivity contribution in [3.63, 3.8) is 0 Å². The van der Waals surface area contributed by atoms with Crippen LogP contribution in [0.5, 0.6) is 0 Å². The third-order valence-electron chi connectivity index (χ3n) is 2.49. The molecule has 1 N–H and O–H groups in total. The second-order valence-corrected chi connectivity index (χ2v) is 4.62. The fourth-order valence-corrected chi connectivity index (χ4v) is 2.09. The lowest BCUT2D eigenvalue weighted by molar-refractivity contribution is 0.536. The van der Waals surface area contributed by atoms with Crippen molar-refractivity contribution < 1.29 is 4.39 Å². The van der Waals surface area contributed by atoms with Crippen LogP contribution >= 0.6 is 15.9 Å². The molecule has 0 fully saturated rings. The molecule has 0 aliphatic heterocycles. The average Bonchev–Trinajstić information content (AvgIpc) is 2.17. The highest BCUT2D eigenvalue weighted by atomic mass is 79.9. The van der Waals surface area contributed by atoms with Gasteiger partial charge < -0.3 is 5.32 Å². The third kappa shape index (κ3) is 4.31. The van der Waals surface area contributed by atoms with E-state index in [-0.39, 0.29) is 5.82 Å². The van der Waals surface area contributed by atoms with Crippen molar-refractivity contribution >= 4 is 15.9 Å². The van der Waals surface area contributed by atoms with Crippen molar-refractivity contribution in [1.82, 2.24) is 5.32 Å². The SMILES string of the molecule is Cc1cc(F)ccc1CNC(C)CCBr. The van der Waals surface area contributed by atoms with E-state index in [4.69, 9.17) is 0 Å². The van der Waals surface area contributed by atoms with Crippen LogP contribution in [0.1, 0.15) is 24.5 Å². The van der Waals surface area contributed by atoms with E-state index >= 15 is 0 Å². The summed E-state index contributed by atoms with van der Waals surface area (Å²) in [6, 6.07) is 5.41. The molecule has 15 heavy (non-hydrogen) atoms. The number of benzene rings is 1. The average molecular weight is 274 g/mol. The molecule has 1 aromatic carbocycles. The first kappa shape index (κ1) is 12.7. The van der Waals surface area contributed by atoms with Gasteiger partial charge in [0.2, 0.25) is 0 Å². The number of hydrogen-bond donors (Lipinski definition) is 1. The Hall–Kier alpha value is -0.410. The molecule has 0 saturated heterocycles. The van der Waals surface area contributed by atoms with Crippen LogP contribution in [0, 0.1) is 12.7 Å². The van der Waals surface area contributed by atoms with Crippen LogP contribution in [0.15, 0.2) is 18.2 Å². The maximum atomic E-state index is 12.8. The van der Waals surface area contributed by atoms with Crippen molar-refractivity contribution in [3.8, 4) is 0 Å². The smallest absolute Gasteiger partial charge is 0.123 e. The molecule has 0 aromatic heterocycles. The molecule has 1 rings (SSSR count). The summed E-state index contributed by atoms with van der Waals surface area (Å²) >= 11 is 3.41. The Kier molecular flexibility index (Phi) is 5.26. The van der Waals surface area contributed by atoms with Gasteiger partial charge in [0.15, 0.2) is 0 Å². The van der Waals surface area contributed by atoms with Crippen LogP contribution in [0.3, 0.4) is 0 Å². The quantitative estimate of drug-likeness (QED) is 0.811. The zero-order valence-electron chi connectivity index (χ0n) is 9.19. The minimum absolute atomic E-state index is 0.162. The lowest BCUT2D eigenvalue weighted by Crippen LogP contribution is -2.26. The standard InChI is InChI=1S/C12H17BrFN/c1-9-7-12(14)4-3-11(9)8-15-10(2)5-6-13/h3-4,7,10,15H,5-6,8H2,1-2H3. The zero-order chi connectivity index (χ0) is 11.3. The van der Waals surface area contributed by atoms with Crippen molar-refractivity contribution in [3.05, 3.63) is 35.1 Å². The van der Waals surface area contributed by atoms with Crippen molar-refractivity contribution in [2.24, 2.45) is 0 Å². The Morgan fingerprint density at radius 3 is 2.80 bits per heavy atom. The van der Waals surface area contributed by atoms with Crippen molar-refractivity contribution in [1.29, 1.82) is 0 Å². The summed E-state index contributed by atoms with van der Waals surface area (Å²) in [5, 5.41) is 4.41. The highest BCUT2D eigenvalue weighted by Gasteiger charge is 2.03. The summed E-state index contributed by atoms with van der Waals surface area (Å²) in [4.78, 5) is 0. The Bertz CT molecular complexity index is 314. The molecule has 0 radical (unpaired) electrons. The first-order chi connectivity index (χ1) is 7.13. The number of aryl methyl sites for hydroxylation is 1. The van der Waals surface area contributed by atoms with Gasteiger partial charge in [0.25, 0.3) is 0 Å². The summed E-state index contributed by atoms with van der Waals surface area (Å²) in [7, 11) is 0. The first-order valence-corrected chi connectivity index (χ1v) is 6.30. The zero-order valence-corrected chi connectivity index (χ0v) is 10.8. The first-order valence-electron chi connectivity index (χ1n) is 5.18. The Balaban J connectivity index is 2.50. The van der Waals surface area contributed by atoms with Crippen LogP contribution in [0.4, 0.5) is 4.39 Å². The van der Waals surface area contributed by atoms with Gasteiger partial charge >= 0.3 is 0 Å². The molecule has 1 nitrogen and oxygen atoms in total. The minimum atomic E-state index is -0.162. The third-order valence-corrected chi connectivity index (χ3v) is 2.95. The highest BCUT2D eigenvalue weighted by Crippen LogP contribution is 2.10. The Morgan fingerprint density at radius 2 is 2.20 bits per heavy atom. The van der Waals surface area contributed by atoms with E-state index in [1.165, 1.54) is 6.07 Å². The number of hydrogen-bond acceptors (Lipinski definition) is 1. The molecule has 0 aliphatic rings. The van der Waals surface area contributed by atoms with Gasteiger partial charge in [-0.25, -0.2) is 4.39 Å². The summed E-state index contributed by atoms with van der Waals surface area (Å²) in [6.45, 7) is 4.90. The van der Waals surface area contributed by atoms with E-state index in [0.29, 0.717) is 6.04 Å². The maximum Gasteiger partial charge on any atom is 0.123 e. The van der Waals surface area contributed by atoms with E-state index in [1.54, 1.807) is 6.07 Å².